The SMILES string of the molecule is CC(=O)c1cc2c(c(S(=O)(=O)O)c1)CN(C)C2.CC(=O)c1ccc2c(c1)CCN(C)C2.CC(=O)c1ccc2c(c1)CN(C)C2. The topological polar surface area (TPSA) is 115 Å². The van der Waals surface area contributed by atoms with Crippen LogP contribution in [0, 0.1) is 0 Å². The first-order valence-electron chi connectivity index (χ1n) is 14.6. The van der Waals surface area contributed by atoms with Gasteiger partial charge in [0, 0.05) is 56.0 Å². The Kier molecular flexibility index (Phi) is 10.3. The molecule has 3 heterocycles. The Hall–Kier alpha value is -3.54. The zero-order chi connectivity index (χ0) is 32.3. The first-order chi connectivity index (χ1) is 20.6. The number of carbonyl (C=O) groups is 3. The van der Waals surface area contributed by atoms with E-state index in [0.717, 1.165) is 49.3 Å². The van der Waals surface area contributed by atoms with Gasteiger partial charge < -0.3 is 4.90 Å². The molecule has 0 fully saturated rings. The summed E-state index contributed by atoms with van der Waals surface area (Å²) < 4.78 is 31.8. The molecule has 9 nitrogen and oxygen atoms in total. The molecular formula is C34H41N3O6S. The van der Waals surface area contributed by atoms with Gasteiger partial charge in [-0.05, 0) is 106 Å². The number of nitrogens with zero attached hydrogens (tertiary/aromatic N) is 3. The lowest BCUT2D eigenvalue weighted by Gasteiger charge is -2.25. The lowest BCUT2D eigenvalue weighted by atomic mass is 9.96. The first kappa shape index (κ1) is 33.4. The van der Waals surface area contributed by atoms with Gasteiger partial charge >= 0.3 is 0 Å². The van der Waals surface area contributed by atoms with E-state index in [1.165, 1.54) is 35.2 Å². The van der Waals surface area contributed by atoms with Crippen LogP contribution in [0.3, 0.4) is 0 Å². The summed E-state index contributed by atoms with van der Waals surface area (Å²) in [5.41, 5.74) is 8.71. The summed E-state index contributed by atoms with van der Waals surface area (Å²) in [7, 11) is 1.78. The number of rotatable bonds is 4. The minimum Gasteiger partial charge on any atom is -0.302 e. The molecule has 0 aromatic heterocycles. The number of hydrogen-bond donors (Lipinski definition) is 1. The summed E-state index contributed by atoms with van der Waals surface area (Å²) in [4.78, 5) is 39.9. The molecule has 3 aromatic rings. The standard InChI is InChI=1S/C12H15NO.C11H13NO4S.C11H13NO/c1-9(14)10-3-4-12-8-13(2)6-5-11(12)7-10;1-7(13)8-3-9-5-12(2)6-10(9)11(4-8)17(14,15)16;1-8(13)9-3-4-10-6-12(2)7-11(10)5-9/h3-4,7H,5-6,8H2,1-2H3;3-4H,5-6H2,1-2H3,(H,14,15,16);3-5H,6-7H2,1-2H3. The molecule has 3 aliphatic rings. The van der Waals surface area contributed by atoms with Gasteiger partial charge in [-0.1, -0.05) is 24.3 Å². The van der Waals surface area contributed by atoms with Crippen LogP contribution in [0.25, 0.3) is 0 Å². The Morgan fingerprint density at radius 1 is 0.591 bits per heavy atom. The van der Waals surface area contributed by atoms with E-state index in [1.807, 2.05) is 36.2 Å². The third-order valence-corrected chi connectivity index (χ3v) is 9.08. The zero-order valence-electron chi connectivity index (χ0n) is 26.3. The van der Waals surface area contributed by atoms with Crippen molar-refractivity contribution in [2.45, 2.75) is 64.8 Å². The molecule has 1 N–H and O–H groups in total. The highest BCUT2D eigenvalue weighted by Crippen LogP contribution is 2.29. The number of ketones is 3. The highest BCUT2D eigenvalue weighted by atomic mass is 32.2. The van der Waals surface area contributed by atoms with Crippen LogP contribution >= 0.6 is 0 Å². The van der Waals surface area contributed by atoms with Crippen LogP contribution in [0.15, 0.2) is 53.4 Å². The number of Topliss-reactive ketones (excluding diaryl/α,β-unsaturated/α-hetero) is 3. The zero-order valence-corrected chi connectivity index (χ0v) is 27.1. The number of benzene rings is 3. The molecule has 6 rings (SSSR count). The number of carbonyl (C=O) groups excluding carboxylic acids is 3. The molecule has 44 heavy (non-hydrogen) atoms. The van der Waals surface area contributed by atoms with Gasteiger partial charge in [0.05, 0.1) is 4.90 Å². The summed E-state index contributed by atoms with van der Waals surface area (Å²) in [6.07, 6.45) is 1.06. The van der Waals surface area contributed by atoms with Crippen molar-refractivity contribution in [2.75, 3.05) is 27.7 Å². The van der Waals surface area contributed by atoms with Crippen molar-refractivity contribution >= 4 is 27.5 Å². The van der Waals surface area contributed by atoms with Gasteiger partial charge in [0.1, 0.15) is 0 Å². The minimum atomic E-state index is -4.29. The van der Waals surface area contributed by atoms with Crippen LogP contribution in [0.4, 0.5) is 0 Å². The second-order valence-corrected chi connectivity index (χ2v) is 13.4. The highest BCUT2D eigenvalue weighted by Gasteiger charge is 2.26. The van der Waals surface area contributed by atoms with Crippen molar-refractivity contribution in [1.29, 1.82) is 0 Å². The predicted molar refractivity (Wildman–Crippen MR) is 170 cm³/mol. The number of hydrogen-bond acceptors (Lipinski definition) is 8. The van der Waals surface area contributed by atoms with E-state index in [0.29, 0.717) is 24.2 Å². The van der Waals surface area contributed by atoms with Gasteiger partial charge in [0.15, 0.2) is 17.3 Å². The maximum Gasteiger partial charge on any atom is 0.294 e. The maximum atomic E-state index is 11.3. The fourth-order valence-electron chi connectivity index (χ4n) is 5.77. The summed E-state index contributed by atoms with van der Waals surface area (Å²) >= 11 is 0. The Bertz CT molecular complexity index is 1720. The quantitative estimate of drug-likeness (QED) is 0.325. The molecule has 0 unspecified atom stereocenters. The first-order valence-corrected chi connectivity index (χ1v) is 16.0. The Morgan fingerprint density at radius 3 is 1.61 bits per heavy atom. The third-order valence-electron chi connectivity index (χ3n) is 8.16. The smallest absolute Gasteiger partial charge is 0.294 e. The average Bonchev–Trinajstić information content (AvgIpc) is 3.51. The lowest BCUT2D eigenvalue weighted by molar-refractivity contribution is 0.100. The van der Waals surface area contributed by atoms with Crippen molar-refractivity contribution in [1.82, 2.24) is 14.7 Å². The highest BCUT2D eigenvalue weighted by molar-refractivity contribution is 7.85. The molecule has 0 saturated heterocycles. The molecule has 3 aromatic carbocycles. The lowest BCUT2D eigenvalue weighted by Crippen LogP contribution is -2.26. The van der Waals surface area contributed by atoms with Gasteiger partial charge in [-0.2, -0.15) is 8.42 Å². The van der Waals surface area contributed by atoms with E-state index >= 15 is 0 Å². The van der Waals surface area contributed by atoms with Crippen molar-refractivity contribution in [3.05, 3.63) is 98.6 Å². The molecule has 0 atom stereocenters. The molecule has 0 saturated carbocycles. The fourth-order valence-corrected chi connectivity index (χ4v) is 6.55. The summed E-state index contributed by atoms with van der Waals surface area (Å²) in [5, 5.41) is 0. The van der Waals surface area contributed by atoms with E-state index in [2.05, 4.69) is 36.0 Å². The molecule has 0 bridgehead atoms. The molecule has 3 aliphatic heterocycles. The molecule has 0 aliphatic carbocycles. The minimum absolute atomic E-state index is 0.149. The normalized spacial score (nSPS) is 16.1. The van der Waals surface area contributed by atoms with E-state index in [1.54, 1.807) is 19.9 Å². The summed E-state index contributed by atoms with van der Waals surface area (Å²) in [5.74, 6) is 0.0938. The average molecular weight is 620 g/mol. The monoisotopic (exact) mass is 619 g/mol. The van der Waals surface area contributed by atoms with Crippen LogP contribution < -0.4 is 0 Å². The number of likely N-dealkylation sites (N-methyl/N-ethyl adjacent to an activating group) is 1. The van der Waals surface area contributed by atoms with Crippen LogP contribution in [0.2, 0.25) is 0 Å². The number of fused-ring (bicyclic) bond motifs is 3. The predicted octanol–water partition coefficient (Wildman–Crippen LogP) is 4.79. The van der Waals surface area contributed by atoms with E-state index in [9.17, 15) is 27.4 Å². The van der Waals surface area contributed by atoms with Gasteiger partial charge in [-0.25, -0.2) is 0 Å². The third kappa shape index (κ3) is 8.13. The van der Waals surface area contributed by atoms with Crippen molar-refractivity contribution < 1.29 is 27.4 Å². The molecule has 234 valence electrons. The molecule has 0 spiro atoms. The second kappa shape index (κ2) is 13.6. The van der Waals surface area contributed by atoms with E-state index < -0.39 is 10.1 Å². The summed E-state index contributed by atoms with van der Waals surface area (Å²) in [6.45, 7) is 9.72. The van der Waals surface area contributed by atoms with E-state index in [-0.39, 0.29) is 22.2 Å². The van der Waals surface area contributed by atoms with Gasteiger partial charge in [-0.15, -0.1) is 0 Å². The van der Waals surface area contributed by atoms with Gasteiger partial charge in [0.2, 0.25) is 0 Å². The van der Waals surface area contributed by atoms with Crippen molar-refractivity contribution in [3.8, 4) is 0 Å². The fraction of sp³-hybridized carbons (Fsp3) is 0.382. The van der Waals surface area contributed by atoms with Gasteiger partial charge in [0.25, 0.3) is 10.1 Å². The largest absolute Gasteiger partial charge is 0.302 e. The maximum absolute atomic E-state index is 11.3. The molecule has 0 amide bonds. The summed E-state index contributed by atoms with van der Waals surface area (Å²) in [6, 6.07) is 15.0. The Balaban J connectivity index is 0.000000152. The molecule has 0 radical (unpaired) electrons. The molecule has 10 heteroatoms. The Morgan fingerprint density at radius 2 is 1.05 bits per heavy atom. The van der Waals surface area contributed by atoms with Crippen LogP contribution in [0.5, 0.6) is 0 Å². The van der Waals surface area contributed by atoms with Gasteiger partial charge in [-0.3, -0.25) is 28.7 Å². The Labute approximate surface area is 260 Å². The van der Waals surface area contributed by atoms with Crippen molar-refractivity contribution in [2.24, 2.45) is 0 Å². The van der Waals surface area contributed by atoms with Crippen LogP contribution in [-0.2, 0) is 49.3 Å². The van der Waals surface area contributed by atoms with Crippen molar-refractivity contribution in [3.63, 3.8) is 0 Å². The molecular weight excluding hydrogens is 578 g/mol. The van der Waals surface area contributed by atoms with E-state index in [4.69, 9.17) is 0 Å². The van der Waals surface area contributed by atoms with Crippen LogP contribution in [0.1, 0.15) is 85.2 Å². The second-order valence-electron chi connectivity index (χ2n) is 12.1. The van der Waals surface area contributed by atoms with Crippen LogP contribution in [-0.4, -0.2) is 72.7 Å².